The predicted octanol–water partition coefficient (Wildman–Crippen LogP) is 3.46. The third-order valence-electron chi connectivity index (χ3n) is 6.44. The number of likely N-dealkylation sites (tertiary alicyclic amines) is 1. The summed E-state index contributed by atoms with van der Waals surface area (Å²) in [4.78, 5) is 14.4. The monoisotopic (exact) mass is 441 g/mol. The van der Waals surface area contributed by atoms with Crippen LogP contribution in [0.3, 0.4) is 0 Å². The molecule has 2 aromatic rings. The van der Waals surface area contributed by atoms with Gasteiger partial charge in [-0.3, -0.25) is 9.69 Å². The second-order valence-electron chi connectivity index (χ2n) is 8.72. The molecule has 1 amide bonds. The van der Waals surface area contributed by atoms with Crippen LogP contribution in [-0.4, -0.2) is 38.9 Å². The molecular formula is C24H31N3O3S. The number of sulfonamides is 1. The van der Waals surface area contributed by atoms with Gasteiger partial charge in [-0.1, -0.05) is 24.3 Å². The van der Waals surface area contributed by atoms with Crippen LogP contribution < -0.4 is 10.0 Å². The maximum Gasteiger partial charge on any atom is 0.240 e. The van der Waals surface area contributed by atoms with Gasteiger partial charge in [-0.15, -0.1) is 0 Å². The summed E-state index contributed by atoms with van der Waals surface area (Å²) < 4.78 is 28.5. The zero-order valence-electron chi connectivity index (χ0n) is 18.1. The Kier molecular flexibility index (Phi) is 6.74. The van der Waals surface area contributed by atoms with Gasteiger partial charge in [0.1, 0.15) is 0 Å². The molecule has 1 saturated heterocycles. The van der Waals surface area contributed by atoms with Crippen molar-refractivity contribution in [2.75, 3.05) is 25.0 Å². The van der Waals surface area contributed by atoms with Crippen LogP contribution in [0.2, 0.25) is 0 Å². The molecule has 1 fully saturated rings. The standard InChI is InChI=1S/C24H31N3O3S/c1-18-5-2-3-6-21(18)17-27-13-11-19(12-14-27)16-25-31(29,30)22-9-10-23-20(15-22)7-4-8-24(28)26-23/h2-3,5-6,9-10,15,19,25H,4,7-8,11-14,16-17H2,1H3,(H,26,28). The van der Waals surface area contributed by atoms with E-state index in [2.05, 4.69) is 46.1 Å². The minimum absolute atomic E-state index is 0.0127. The molecule has 0 bridgehead atoms. The van der Waals surface area contributed by atoms with Crippen molar-refractivity contribution in [1.82, 2.24) is 9.62 Å². The summed E-state index contributed by atoms with van der Waals surface area (Å²) in [7, 11) is -3.56. The molecule has 0 unspecified atom stereocenters. The van der Waals surface area contributed by atoms with Gasteiger partial charge in [0.15, 0.2) is 0 Å². The van der Waals surface area contributed by atoms with Gasteiger partial charge < -0.3 is 5.32 Å². The van der Waals surface area contributed by atoms with Crippen molar-refractivity contribution in [3.8, 4) is 0 Å². The van der Waals surface area contributed by atoms with Gasteiger partial charge >= 0.3 is 0 Å². The third-order valence-corrected chi connectivity index (χ3v) is 7.86. The van der Waals surface area contributed by atoms with E-state index in [4.69, 9.17) is 0 Å². The number of rotatable bonds is 6. The number of fused-ring (bicyclic) bond motifs is 1. The SMILES string of the molecule is Cc1ccccc1CN1CCC(CNS(=O)(=O)c2ccc3c(c2)CCCC(=O)N3)CC1. The first-order valence-electron chi connectivity index (χ1n) is 11.1. The minimum atomic E-state index is -3.56. The summed E-state index contributed by atoms with van der Waals surface area (Å²) in [5.41, 5.74) is 4.29. The van der Waals surface area contributed by atoms with Crippen LogP contribution in [0, 0.1) is 12.8 Å². The lowest BCUT2D eigenvalue weighted by molar-refractivity contribution is -0.116. The van der Waals surface area contributed by atoms with Crippen molar-refractivity contribution in [3.63, 3.8) is 0 Å². The molecule has 7 heteroatoms. The summed E-state index contributed by atoms with van der Waals surface area (Å²) in [6, 6.07) is 13.5. The summed E-state index contributed by atoms with van der Waals surface area (Å²) in [5.74, 6) is 0.337. The van der Waals surface area contributed by atoms with E-state index in [0.717, 1.165) is 50.1 Å². The summed E-state index contributed by atoms with van der Waals surface area (Å²) in [5, 5.41) is 2.85. The van der Waals surface area contributed by atoms with E-state index < -0.39 is 10.0 Å². The highest BCUT2D eigenvalue weighted by molar-refractivity contribution is 7.89. The lowest BCUT2D eigenvalue weighted by Crippen LogP contribution is -2.38. The number of carbonyl (C=O) groups is 1. The molecule has 2 aromatic carbocycles. The van der Waals surface area contributed by atoms with E-state index in [1.54, 1.807) is 18.2 Å². The van der Waals surface area contributed by atoms with Crippen LogP contribution in [0.25, 0.3) is 0 Å². The van der Waals surface area contributed by atoms with Gasteiger partial charge in [-0.05, 0) is 86.5 Å². The molecule has 2 N–H and O–H groups in total. The molecule has 6 nitrogen and oxygen atoms in total. The zero-order valence-corrected chi connectivity index (χ0v) is 18.9. The van der Waals surface area contributed by atoms with Gasteiger partial charge in [0.25, 0.3) is 0 Å². The molecule has 31 heavy (non-hydrogen) atoms. The van der Waals surface area contributed by atoms with Gasteiger partial charge in [-0.2, -0.15) is 0 Å². The van der Waals surface area contributed by atoms with Crippen molar-refractivity contribution >= 4 is 21.6 Å². The summed E-state index contributed by atoms with van der Waals surface area (Å²) >= 11 is 0. The number of nitrogens with one attached hydrogen (secondary N) is 2. The van der Waals surface area contributed by atoms with Crippen molar-refractivity contribution in [2.45, 2.75) is 50.5 Å². The maximum atomic E-state index is 12.8. The Morgan fingerprint density at radius 1 is 1.10 bits per heavy atom. The van der Waals surface area contributed by atoms with E-state index in [1.165, 1.54) is 11.1 Å². The Hall–Kier alpha value is -2.22. The number of aryl methyl sites for hydroxylation is 2. The van der Waals surface area contributed by atoms with Gasteiger partial charge in [0.05, 0.1) is 4.90 Å². The highest BCUT2D eigenvalue weighted by atomic mass is 32.2. The molecule has 0 spiro atoms. The fourth-order valence-electron chi connectivity index (χ4n) is 4.41. The molecule has 0 radical (unpaired) electrons. The van der Waals surface area contributed by atoms with Crippen molar-refractivity contribution < 1.29 is 13.2 Å². The number of hydrogen-bond donors (Lipinski definition) is 2. The fraction of sp³-hybridized carbons (Fsp3) is 0.458. The number of anilines is 1. The molecule has 2 aliphatic heterocycles. The predicted molar refractivity (Wildman–Crippen MR) is 122 cm³/mol. The van der Waals surface area contributed by atoms with Gasteiger partial charge in [0.2, 0.25) is 15.9 Å². The maximum absolute atomic E-state index is 12.8. The topological polar surface area (TPSA) is 78.5 Å². The second kappa shape index (κ2) is 9.51. The first kappa shape index (κ1) is 22.0. The normalized spacial score (nSPS) is 18.3. The van der Waals surface area contributed by atoms with Crippen LogP contribution in [0.5, 0.6) is 0 Å². The Balaban J connectivity index is 1.31. The molecule has 0 aliphatic carbocycles. The fourth-order valence-corrected chi connectivity index (χ4v) is 5.57. The van der Waals surface area contributed by atoms with Crippen LogP contribution in [0.1, 0.15) is 42.4 Å². The Morgan fingerprint density at radius 3 is 2.65 bits per heavy atom. The quantitative estimate of drug-likeness (QED) is 0.720. The average Bonchev–Trinajstić information content (AvgIpc) is 2.95. The minimum Gasteiger partial charge on any atom is -0.326 e. The molecule has 166 valence electrons. The highest BCUT2D eigenvalue weighted by Gasteiger charge is 2.23. The lowest BCUT2D eigenvalue weighted by atomic mass is 9.96. The highest BCUT2D eigenvalue weighted by Crippen LogP contribution is 2.26. The van der Waals surface area contributed by atoms with Crippen LogP contribution in [0.15, 0.2) is 47.4 Å². The Labute approximate surface area is 185 Å². The number of piperidine rings is 1. The number of nitrogens with zero attached hydrogens (tertiary/aromatic N) is 1. The number of hydrogen-bond acceptors (Lipinski definition) is 4. The van der Waals surface area contributed by atoms with Crippen molar-refractivity contribution in [3.05, 3.63) is 59.2 Å². The van der Waals surface area contributed by atoms with E-state index >= 15 is 0 Å². The number of amides is 1. The van der Waals surface area contributed by atoms with E-state index in [9.17, 15) is 13.2 Å². The molecule has 0 aromatic heterocycles. The molecule has 2 heterocycles. The molecule has 0 atom stereocenters. The smallest absolute Gasteiger partial charge is 0.240 e. The van der Waals surface area contributed by atoms with Crippen molar-refractivity contribution in [1.29, 1.82) is 0 Å². The zero-order chi connectivity index (χ0) is 21.8. The molecule has 4 rings (SSSR count). The Bertz CT molecular complexity index is 1040. The average molecular weight is 442 g/mol. The molecular weight excluding hydrogens is 410 g/mol. The largest absolute Gasteiger partial charge is 0.326 e. The summed E-state index contributed by atoms with van der Waals surface area (Å²) in [6.45, 7) is 5.54. The second-order valence-corrected chi connectivity index (χ2v) is 10.5. The first-order valence-corrected chi connectivity index (χ1v) is 12.6. The Morgan fingerprint density at radius 2 is 1.87 bits per heavy atom. The van der Waals surface area contributed by atoms with E-state index in [1.807, 2.05) is 0 Å². The van der Waals surface area contributed by atoms with Gasteiger partial charge in [-0.25, -0.2) is 13.1 Å². The van der Waals surface area contributed by atoms with Crippen molar-refractivity contribution in [2.24, 2.45) is 5.92 Å². The number of benzene rings is 2. The van der Waals surface area contributed by atoms with E-state index in [-0.39, 0.29) is 10.8 Å². The first-order chi connectivity index (χ1) is 14.9. The van der Waals surface area contributed by atoms with Crippen LogP contribution in [0.4, 0.5) is 5.69 Å². The number of carbonyl (C=O) groups excluding carboxylic acids is 1. The third kappa shape index (κ3) is 5.53. The van der Waals surface area contributed by atoms with Gasteiger partial charge in [0, 0.05) is 25.2 Å². The summed E-state index contributed by atoms with van der Waals surface area (Å²) in [6.07, 6.45) is 3.89. The lowest BCUT2D eigenvalue weighted by Gasteiger charge is -2.32. The van der Waals surface area contributed by atoms with E-state index in [0.29, 0.717) is 25.3 Å². The van der Waals surface area contributed by atoms with Crippen LogP contribution in [-0.2, 0) is 27.8 Å². The molecule has 0 saturated carbocycles. The van der Waals surface area contributed by atoms with Crippen LogP contribution >= 0.6 is 0 Å². The molecule has 2 aliphatic rings.